The Morgan fingerprint density at radius 1 is 0.357 bits per heavy atom. The van der Waals surface area contributed by atoms with Crippen LogP contribution < -0.4 is 4.90 Å². The maximum absolute atomic E-state index is 9.89. The van der Waals surface area contributed by atoms with E-state index < -0.39 is 5.41 Å². The van der Waals surface area contributed by atoms with E-state index in [4.69, 9.17) is 1.37 Å². The predicted octanol–water partition coefficient (Wildman–Crippen LogP) is 18.5. The van der Waals surface area contributed by atoms with E-state index in [0.29, 0.717) is 11.1 Å². The van der Waals surface area contributed by atoms with E-state index >= 15 is 0 Å². The van der Waals surface area contributed by atoms with Gasteiger partial charge in [0.2, 0.25) is 0 Å². The van der Waals surface area contributed by atoms with Crippen molar-refractivity contribution in [3.8, 4) is 76.5 Å². The third-order valence-corrected chi connectivity index (χ3v) is 16.5. The summed E-state index contributed by atoms with van der Waals surface area (Å²) in [6, 6.07) is 79.4. The summed E-state index contributed by atoms with van der Waals surface area (Å²) in [4.78, 5) is 4.59. The Morgan fingerprint density at radius 3 is 1.54 bits per heavy atom. The Morgan fingerprint density at radius 2 is 0.857 bits per heavy atom. The van der Waals surface area contributed by atoms with Crippen LogP contribution >= 0.6 is 11.3 Å². The van der Waals surface area contributed by atoms with Crippen molar-refractivity contribution in [2.24, 2.45) is 0 Å². The summed E-state index contributed by atoms with van der Waals surface area (Å²) in [5.74, 6) is 0. The molecule has 0 saturated heterocycles. The molecule has 1 spiro atoms. The Balaban J connectivity index is 0.942. The minimum absolute atomic E-state index is 0.00653. The van der Waals surface area contributed by atoms with Crippen LogP contribution in [0.3, 0.4) is 0 Å². The summed E-state index contributed by atoms with van der Waals surface area (Å²) in [7, 11) is 0. The second-order valence-electron chi connectivity index (χ2n) is 19.2. The topological polar surface area (TPSA) is 3.24 Å². The number of rotatable bonds is 7. The molecule has 1 nitrogen and oxygen atoms in total. The summed E-state index contributed by atoms with van der Waals surface area (Å²) < 4.78 is 37.9. The molecule has 14 rings (SSSR count). The summed E-state index contributed by atoms with van der Waals surface area (Å²) in [6.07, 6.45) is 0. The van der Waals surface area contributed by atoms with Crippen molar-refractivity contribution < 1.29 is 5.48 Å². The van der Waals surface area contributed by atoms with Crippen molar-refractivity contribution in [2.45, 2.75) is 24.7 Å². The van der Waals surface area contributed by atoms with Gasteiger partial charge >= 0.3 is 0 Å². The van der Waals surface area contributed by atoms with Gasteiger partial charge in [-0.3, -0.25) is 0 Å². The van der Waals surface area contributed by atoms with Crippen LogP contribution in [-0.4, -0.2) is 0 Å². The highest BCUT2D eigenvalue weighted by Crippen LogP contribution is 2.68. The number of thiophene rings is 1. The molecule has 0 saturated carbocycles. The molecule has 0 aliphatic heterocycles. The second-order valence-corrected chi connectivity index (χ2v) is 20.3. The molecule has 0 fully saturated rings. The normalized spacial score (nSPS) is 16.0. The minimum atomic E-state index is -1.02. The lowest BCUT2D eigenvalue weighted by molar-refractivity contribution is 0.660. The number of fused-ring (bicyclic) bond motifs is 13. The first-order valence-corrected chi connectivity index (χ1v) is 24.9. The fraction of sp³-hybridized carbons (Fsp3) is 0.0588. The fourth-order valence-corrected chi connectivity index (χ4v) is 13.4. The van der Waals surface area contributed by atoms with E-state index in [1.54, 1.807) is 11.3 Å². The zero-order valence-electron chi connectivity index (χ0n) is 42.7. The number of hydrogen-bond acceptors (Lipinski definition) is 2. The van der Waals surface area contributed by atoms with E-state index in [0.717, 1.165) is 88.0 Å². The van der Waals surface area contributed by atoms with Gasteiger partial charge in [-0.2, -0.15) is 0 Å². The zero-order chi connectivity index (χ0) is 50.0. The summed E-state index contributed by atoms with van der Waals surface area (Å²) in [5.41, 5.74) is 20.9. The monoisotopic (exact) mass is 913 g/mol. The van der Waals surface area contributed by atoms with Crippen LogP contribution in [0.25, 0.3) is 76.5 Å². The highest BCUT2D eigenvalue weighted by Gasteiger charge is 2.54. The molecule has 1 unspecified atom stereocenters. The van der Waals surface area contributed by atoms with Crippen molar-refractivity contribution >= 4 is 28.4 Å². The maximum atomic E-state index is 9.89. The summed E-state index contributed by atoms with van der Waals surface area (Å²) in [6.45, 7) is 4.65. The van der Waals surface area contributed by atoms with E-state index in [1.807, 2.05) is 18.2 Å². The molecule has 3 aliphatic carbocycles. The molecule has 0 bridgehead atoms. The molecule has 1 atom stereocenters. The summed E-state index contributed by atoms with van der Waals surface area (Å²) >= 11 is 1.77. The number of benzene rings is 10. The molecule has 330 valence electrons. The quantitative estimate of drug-likeness (QED) is 0.154. The average molecular weight is 914 g/mol. The van der Waals surface area contributed by atoms with Gasteiger partial charge in [0.15, 0.2) is 0 Å². The first-order valence-electron chi connectivity index (χ1n) is 26.1. The van der Waals surface area contributed by atoms with Crippen LogP contribution in [0, 0.1) is 0 Å². The highest BCUT2D eigenvalue weighted by atomic mass is 32.1. The minimum Gasteiger partial charge on any atom is -0.310 e. The molecule has 11 aromatic rings. The molecule has 1 heterocycles. The van der Waals surface area contributed by atoms with Gasteiger partial charge < -0.3 is 4.90 Å². The smallest absolute Gasteiger partial charge is 0.0740 e. The van der Waals surface area contributed by atoms with Crippen LogP contribution in [0.15, 0.2) is 249 Å². The largest absolute Gasteiger partial charge is 0.310 e. The van der Waals surface area contributed by atoms with Crippen LogP contribution in [0.5, 0.6) is 0 Å². The molecule has 10 aromatic carbocycles. The Kier molecular flexibility index (Phi) is 8.19. The standard InChI is InChI=1S/C68H47NS/c1-67(2)58-27-15-12-24-53(58)55-40-39-52(43-62(55)67)69(50-35-30-45(31-36-50)44-18-6-3-7-19-44)51-37-32-46(33-38-51)49-34-41-61-57(42-49)54-25-13-16-28-59(54)68(61)60-29-17-14-26-56(60)63-64(68)66(48-22-10-5-11-23-48)70-65(63)47-20-8-4-9-21-47/h3-43H,1-2H3/i13D,16D,25D,28D. The van der Waals surface area contributed by atoms with Gasteiger partial charge in [-0.1, -0.05) is 220 Å². The van der Waals surface area contributed by atoms with E-state index in [9.17, 15) is 4.11 Å². The molecule has 70 heavy (non-hydrogen) atoms. The van der Waals surface area contributed by atoms with Crippen LogP contribution in [0.2, 0.25) is 0 Å². The molecule has 0 amide bonds. The lowest BCUT2D eigenvalue weighted by Crippen LogP contribution is -2.26. The van der Waals surface area contributed by atoms with Gasteiger partial charge in [0.05, 0.1) is 10.9 Å². The van der Waals surface area contributed by atoms with Crippen molar-refractivity contribution in [1.29, 1.82) is 0 Å². The number of nitrogens with zero attached hydrogens (tertiary/aromatic N) is 1. The van der Waals surface area contributed by atoms with E-state index in [-0.39, 0.29) is 29.6 Å². The SMILES string of the molecule is [2H]c1c([2H])c([2H])c2c(c1[2H])-c1cc(-c3ccc(N(c4ccc(-c5ccccc5)cc4)c4ccc5c(c4)C(C)(C)c4ccccc4-5)cc3)ccc1C21c2ccccc2-c2c(-c3ccccc3)sc(-c3ccccc3)c21. The molecular weight excluding hydrogens is 863 g/mol. The number of hydrogen-bond donors (Lipinski definition) is 0. The lowest BCUT2D eigenvalue weighted by Gasteiger charge is -2.31. The lowest BCUT2D eigenvalue weighted by atomic mass is 9.70. The van der Waals surface area contributed by atoms with E-state index in [2.05, 4.69) is 225 Å². The van der Waals surface area contributed by atoms with Crippen molar-refractivity contribution in [3.05, 3.63) is 282 Å². The second kappa shape index (κ2) is 15.6. The van der Waals surface area contributed by atoms with Crippen molar-refractivity contribution in [2.75, 3.05) is 4.90 Å². The Hall–Kier alpha value is -8.30. The number of anilines is 3. The van der Waals surface area contributed by atoms with E-state index in [1.165, 1.54) is 27.8 Å². The van der Waals surface area contributed by atoms with Gasteiger partial charge in [-0.05, 0) is 137 Å². The zero-order valence-corrected chi connectivity index (χ0v) is 39.5. The van der Waals surface area contributed by atoms with Gasteiger partial charge in [0.25, 0.3) is 0 Å². The summed E-state index contributed by atoms with van der Waals surface area (Å²) in [5, 5.41) is 0. The molecule has 2 heteroatoms. The molecular formula is C68H47NS. The maximum Gasteiger partial charge on any atom is 0.0740 e. The molecule has 3 aliphatic rings. The van der Waals surface area contributed by atoms with Crippen LogP contribution in [0.1, 0.15) is 52.7 Å². The fourth-order valence-electron chi connectivity index (χ4n) is 12.0. The molecule has 1 aromatic heterocycles. The first kappa shape index (κ1) is 36.7. The third kappa shape index (κ3) is 5.90. The van der Waals surface area contributed by atoms with Crippen molar-refractivity contribution in [1.82, 2.24) is 0 Å². The van der Waals surface area contributed by atoms with Gasteiger partial charge in [-0.15, -0.1) is 11.3 Å². The molecule has 0 radical (unpaired) electrons. The molecule has 0 N–H and O–H groups in total. The predicted molar refractivity (Wildman–Crippen MR) is 295 cm³/mol. The third-order valence-electron chi connectivity index (χ3n) is 15.2. The Labute approximate surface area is 419 Å². The average Bonchev–Trinajstić information content (AvgIpc) is 4.20. The van der Waals surface area contributed by atoms with Crippen LogP contribution in [0.4, 0.5) is 17.1 Å². The first-order chi connectivity index (χ1) is 36.1. The van der Waals surface area contributed by atoms with Crippen molar-refractivity contribution in [3.63, 3.8) is 0 Å². The Bertz CT molecular complexity index is 4070. The van der Waals surface area contributed by atoms with Gasteiger partial charge in [0, 0.05) is 37.8 Å². The highest BCUT2D eigenvalue weighted by molar-refractivity contribution is 7.19. The van der Waals surface area contributed by atoms with Gasteiger partial charge in [0.1, 0.15) is 0 Å². The van der Waals surface area contributed by atoms with Crippen LogP contribution in [-0.2, 0) is 10.8 Å². The van der Waals surface area contributed by atoms with Gasteiger partial charge in [-0.25, -0.2) is 0 Å².